The van der Waals surface area contributed by atoms with Gasteiger partial charge in [0.1, 0.15) is 0 Å². The molecular formula is C27H28N2O2. The summed E-state index contributed by atoms with van der Waals surface area (Å²) in [5.74, 6) is -0.0908. The van der Waals surface area contributed by atoms with Crippen molar-refractivity contribution in [3.8, 4) is 0 Å². The fraction of sp³-hybridized carbons (Fsp3) is 0.259. The van der Waals surface area contributed by atoms with Crippen LogP contribution in [-0.4, -0.2) is 47.8 Å². The second-order valence-electron chi connectivity index (χ2n) is 7.98. The number of hydrogen-bond donors (Lipinski definition) is 0. The molecule has 0 atom stereocenters. The first kappa shape index (κ1) is 20.9. The van der Waals surface area contributed by atoms with Crippen LogP contribution in [0.4, 0.5) is 0 Å². The summed E-state index contributed by atoms with van der Waals surface area (Å²) >= 11 is 0. The molecule has 4 rings (SSSR count). The van der Waals surface area contributed by atoms with Crippen molar-refractivity contribution < 1.29 is 9.59 Å². The number of carbonyl (C=O) groups is 2. The fourth-order valence-electron chi connectivity index (χ4n) is 4.22. The second-order valence-corrected chi connectivity index (χ2v) is 7.98. The lowest BCUT2D eigenvalue weighted by molar-refractivity contribution is -0.133. The molecule has 1 fully saturated rings. The van der Waals surface area contributed by atoms with Crippen molar-refractivity contribution in [2.75, 3.05) is 26.2 Å². The van der Waals surface area contributed by atoms with Crippen molar-refractivity contribution in [1.29, 1.82) is 0 Å². The molecule has 0 saturated carbocycles. The van der Waals surface area contributed by atoms with Gasteiger partial charge in [-0.3, -0.25) is 9.59 Å². The highest BCUT2D eigenvalue weighted by atomic mass is 16.2. The number of amides is 2. The first-order valence-corrected chi connectivity index (χ1v) is 10.9. The van der Waals surface area contributed by atoms with Crippen molar-refractivity contribution in [1.82, 2.24) is 9.80 Å². The van der Waals surface area contributed by atoms with Crippen LogP contribution in [0.1, 0.15) is 29.0 Å². The van der Waals surface area contributed by atoms with Gasteiger partial charge in [0, 0.05) is 26.2 Å². The third-order valence-corrected chi connectivity index (χ3v) is 5.87. The largest absolute Gasteiger partial charge is 0.341 e. The smallest absolute Gasteiger partial charge is 0.234 e. The van der Waals surface area contributed by atoms with E-state index >= 15 is 0 Å². The van der Waals surface area contributed by atoms with E-state index in [1.54, 1.807) is 0 Å². The first-order chi connectivity index (χ1) is 15.2. The van der Waals surface area contributed by atoms with Crippen molar-refractivity contribution in [2.24, 2.45) is 0 Å². The molecule has 4 nitrogen and oxygen atoms in total. The van der Waals surface area contributed by atoms with Gasteiger partial charge < -0.3 is 9.80 Å². The van der Waals surface area contributed by atoms with Crippen LogP contribution in [0.3, 0.4) is 0 Å². The Morgan fingerprint density at radius 2 is 1.13 bits per heavy atom. The summed E-state index contributed by atoms with van der Waals surface area (Å²) in [6.45, 7) is 2.50. The number of benzene rings is 3. The monoisotopic (exact) mass is 412 g/mol. The van der Waals surface area contributed by atoms with Gasteiger partial charge in [-0.05, 0) is 23.1 Å². The molecule has 0 aromatic heterocycles. The number of rotatable bonds is 5. The average molecular weight is 413 g/mol. The standard InChI is InChI=1S/C27H28N2O2/c30-25(21-22-11-4-1-5-12-22)28-17-10-18-29(20-19-28)27(31)26(23-13-6-2-7-14-23)24-15-8-3-9-16-24/h1-9,11-16,26H,10,17-21H2. The predicted octanol–water partition coefficient (Wildman–Crippen LogP) is 4.12. The van der Waals surface area contributed by atoms with E-state index in [1.807, 2.05) is 101 Å². The van der Waals surface area contributed by atoms with Gasteiger partial charge in [-0.2, -0.15) is 0 Å². The Labute approximate surface area is 184 Å². The Balaban J connectivity index is 1.47. The molecule has 31 heavy (non-hydrogen) atoms. The van der Waals surface area contributed by atoms with Crippen molar-refractivity contribution in [3.63, 3.8) is 0 Å². The van der Waals surface area contributed by atoms with E-state index in [0.717, 1.165) is 23.1 Å². The summed E-state index contributed by atoms with van der Waals surface area (Å²) in [6, 6.07) is 29.8. The third kappa shape index (κ3) is 5.21. The van der Waals surface area contributed by atoms with E-state index in [1.165, 1.54) is 0 Å². The molecule has 1 heterocycles. The molecule has 0 unspecified atom stereocenters. The molecule has 158 valence electrons. The molecule has 0 bridgehead atoms. The fourth-order valence-corrected chi connectivity index (χ4v) is 4.22. The SMILES string of the molecule is O=C(Cc1ccccc1)N1CCCN(C(=O)C(c2ccccc2)c2ccccc2)CC1. The van der Waals surface area contributed by atoms with E-state index in [-0.39, 0.29) is 17.7 Å². The number of nitrogens with zero attached hydrogens (tertiary/aromatic N) is 2. The van der Waals surface area contributed by atoms with E-state index in [4.69, 9.17) is 0 Å². The average Bonchev–Trinajstić information content (AvgIpc) is 3.08. The van der Waals surface area contributed by atoms with E-state index in [0.29, 0.717) is 32.6 Å². The van der Waals surface area contributed by atoms with Gasteiger partial charge in [-0.25, -0.2) is 0 Å². The summed E-state index contributed by atoms with van der Waals surface area (Å²) in [6.07, 6.45) is 1.20. The molecule has 1 aliphatic heterocycles. The van der Waals surface area contributed by atoms with Gasteiger partial charge in [-0.1, -0.05) is 91.0 Å². The van der Waals surface area contributed by atoms with Gasteiger partial charge in [0.05, 0.1) is 12.3 Å². The topological polar surface area (TPSA) is 40.6 Å². The summed E-state index contributed by atoms with van der Waals surface area (Å²) in [5, 5.41) is 0. The minimum Gasteiger partial charge on any atom is -0.341 e. The summed E-state index contributed by atoms with van der Waals surface area (Å²) in [5.41, 5.74) is 3.03. The van der Waals surface area contributed by atoms with Crippen LogP contribution in [-0.2, 0) is 16.0 Å². The maximum Gasteiger partial charge on any atom is 0.234 e. The van der Waals surface area contributed by atoms with Gasteiger partial charge in [0.25, 0.3) is 0 Å². The first-order valence-electron chi connectivity index (χ1n) is 10.9. The van der Waals surface area contributed by atoms with Crippen LogP contribution in [0.5, 0.6) is 0 Å². The Kier molecular flexibility index (Phi) is 6.78. The molecule has 0 N–H and O–H groups in total. The summed E-state index contributed by atoms with van der Waals surface area (Å²) in [7, 11) is 0. The molecule has 3 aromatic rings. The van der Waals surface area contributed by atoms with Crippen LogP contribution in [0.15, 0.2) is 91.0 Å². The van der Waals surface area contributed by atoms with Crippen molar-refractivity contribution in [2.45, 2.75) is 18.8 Å². The quantitative estimate of drug-likeness (QED) is 0.632. The van der Waals surface area contributed by atoms with Crippen LogP contribution in [0.25, 0.3) is 0 Å². The van der Waals surface area contributed by atoms with Crippen LogP contribution < -0.4 is 0 Å². The molecule has 1 saturated heterocycles. The minimum atomic E-state index is -0.325. The third-order valence-electron chi connectivity index (χ3n) is 5.87. The highest BCUT2D eigenvalue weighted by molar-refractivity contribution is 5.87. The maximum atomic E-state index is 13.6. The molecule has 3 aromatic carbocycles. The van der Waals surface area contributed by atoms with Gasteiger partial charge in [0.2, 0.25) is 11.8 Å². The molecule has 2 amide bonds. The zero-order valence-electron chi connectivity index (χ0n) is 17.7. The normalized spacial score (nSPS) is 14.4. The zero-order valence-corrected chi connectivity index (χ0v) is 17.7. The lowest BCUT2D eigenvalue weighted by Crippen LogP contribution is -2.40. The predicted molar refractivity (Wildman–Crippen MR) is 123 cm³/mol. The lowest BCUT2D eigenvalue weighted by Gasteiger charge is -2.27. The van der Waals surface area contributed by atoms with Crippen LogP contribution >= 0.6 is 0 Å². The minimum absolute atomic E-state index is 0.106. The molecule has 0 aliphatic carbocycles. The highest BCUT2D eigenvalue weighted by Crippen LogP contribution is 2.27. The molecule has 1 aliphatic rings. The highest BCUT2D eigenvalue weighted by Gasteiger charge is 2.29. The van der Waals surface area contributed by atoms with Gasteiger partial charge in [0.15, 0.2) is 0 Å². The second kappa shape index (κ2) is 10.1. The zero-order chi connectivity index (χ0) is 21.5. The number of carbonyl (C=O) groups excluding carboxylic acids is 2. The Morgan fingerprint density at radius 1 is 0.645 bits per heavy atom. The maximum absolute atomic E-state index is 13.6. The van der Waals surface area contributed by atoms with Crippen LogP contribution in [0, 0.1) is 0 Å². The van der Waals surface area contributed by atoms with Crippen molar-refractivity contribution in [3.05, 3.63) is 108 Å². The summed E-state index contributed by atoms with van der Waals surface area (Å²) < 4.78 is 0. The van der Waals surface area contributed by atoms with Gasteiger partial charge >= 0.3 is 0 Å². The molecule has 0 spiro atoms. The summed E-state index contributed by atoms with van der Waals surface area (Å²) in [4.78, 5) is 30.3. The molecular weight excluding hydrogens is 384 g/mol. The molecule has 4 heteroatoms. The van der Waals surface area contributed by atoms with E-state index in [2.05, 4.69) is 0 Å². The number of hydrogen-bond acceptors (Lipinski definition) is 2. The Morgan fingerprint density at radius 3 is 1.71 bits per heavy atom. The van der Waals surface area contributed by atoms with Gasteiger partial charge in [-0.15, -0.1) is 0 Å². The Bertz CT molecular complexity index is 950. The van der Waals surface area contributed by atoms with E-state index in [9.17, 15) is 9.59 Å². The van der Waals surface area contributed by atoms with E-state index < -0.39 is 0 Å². The molecule has 0 radical (unpaired) electrons. The lowest BCUT2D eigenvalue weighted by atomic mass is 9.90. The van der Waals surface area contributed by atoms with Crippen LogP contribution in [0.2, 0.25) is 0 Å². The van der Waals surface area contributed by atoms with Crippen molar-refractivity contribution >= 4 is 11.8 Å². The Hall–Kier alpha value is -3.40.